The lowest BCUT2D eigenvalue weighted by Crippen LogP contribution is -2.10. The van der Waals surface area contributed by atoms with Gasteiger partial charge >= 0.3 is 0 Å². The molecule has 0 amide bonds. The highest BCUT2D eigenvalue weighted by Crippen LogP contribution is 2.41. The van der Waals surface area contributed by atoms with Crippen LogP contribution in [-0.4, -0.2) is 61.8 Å². The Labute approximate surface area is 350 Å². The molecule has 0 unspecified atom stereocenters. The molecule has 4 aromatic carbocycles. The van der Waals surface area contributed by atoms with Gasteiger partial charge < -0.3 is 20.9 Å². The van der Waals surface area contributed by atoms with Crippen molar-refractivity contribution in [2.75, 3.05) is 0 Å². The van der Waals surface area contributed by atoms with Gasteiger partial charge in [-0.3, -0.25) is 0 Å². The molecule has 6 N–H and O–H groups in total. The maximum absolute atomic E-state index is 5.32. The zero-order valence-corrected chi connectivity index (χ0v) is 35.6. The number of benzene rings is 4. The number of nitrogens with one attached hydrogen (secondary N) is 2. The van der Waals surface area contributed by atoms with E-state index in [1.54, 1.807) is 0 Å². The van der Waals surface area contributed by atoms with Crippen molar-refractivity contribution in [2.24, 2.45) is 0 Å². The molecular weight excluding hydrogens is 749 g/mol. The van der Waals surface area contributed by atoms with E-state index in [1.807, 2.05) is 0 Å². The molecule has 7 aromatic rings. The molecule has 2 aliphatic rings. The number of aromatic amines is 2. The van der Waals surface area contributed by atoms with E-state index in [4.69, 9.17) is 29.9 Å². The molecule has 0 atom stereocenters. The monoisotopic (exact) mass is 806 g/mol. The molecule has 306 valence electrons. The van der Waals surface area contributed by atoms with Crippen LogP contribution in [0.1, 0.15) is 105 Å². The predicted octanol–water partition coefficient (Wildman–Crippen LogP) is 8.96. The maximum atomic E-state index is 5.32. The summed E-state index contributed by atoms with van der Waals surface area (Å²) in [5.41, 5.74) is 11.1. The van der Waals surface area contributed by atoms with E-state index in [2.05, 4.69) is 166 Å². The zero-order chi connectivity index (χ0) is 39.7. The number of hydrogen-bond donors (Lipinski definition) is 2. The van der Waals surface area contributed by atoms with Crippen LogP contribution >= 0.6 is 0 Å². The molecule has 0 saturated carbocycles. The van der Waals surface area contributed by atoms with Crippen molar-refractivity contribution in [3.63, 3.8) is 0 Å². The summed E-state index contributed by atoms with van der Waals surface area (Å²) in [4.78, 5) is 38.9. The van der Waals surface area contributed by atoms with E-state index in [9.17, 15) is 0 Å². The van der Waals surface area contributed by atoms with Crippen molar-refractivity contribution in [3.05, 3.63) is 95.1 Å². The molecule has 59 heavy (non-hydrogen) atoms. The summed E-state index contributed by atoms with van der Waals surface area (Å²) >= 11 is 0. The fourth-order valence-electron chi connectivity index (χ4n) is 7.66. The first-order valence-corrected chi connectivity index (χ1v) is 19.6. The Morgan fingerprint density at radius 3 is 0.915 bits per heavy atom. The molecular formula is C48H58N8O2Si. The molecule has 0 spiro atoms. The number of nitrogens with zero attached hydrogens (tertiary/aromatic N) is 6. The Hall–Kier alpha value is -5.62. The largest absolute Gasteiger partial charge is 0.412 e. The van der Waals surface area contributed by atoms with E-state index in [0.29, 0.717) is 45.9 Å². The summed E-state index contributed by atoms with van der Waals surface area (Å²) in [5.74, 6) is 2.42. The van der Waals surface area contributed by atoms with Crippen LogP contribution in [0.4, 0.5) is 0 Å². The molecule has 5 heterocycles. The van der Waals surface area contributed by atoms with Gasteiger partial charge in [0.1, 0.15) is 22.6 Å². The van der Waals surface area contributed by atoms with Gasteiger partial charge in [-0.25, -0.2) is 29.9 Å². The maximum Gasteiger partial charge on any atom is 0.164 e. The van der Waals surface area contributed by atoms with Crippen LogP contribution in [0.25, 0.3) is 89.7 Å². The average Bonchev–Trinajstić information content (AvgIpc) is 3.84. The first kappa shape index (κ1) is 43.0. The molecule has 2 aliphatic heterocycles. The lowest BCUT2D eigenvalue weighted by atomic mass is 9.85. The van der Waals surface area contributed by atoms with Crippen LogP contribution < -0.4 is 0 Å². The predicted molar refractivity (Wildman–Crippen MR) is 249 cm³/mol. The van der Waals surface area contributed by atoms with Crippen molar-refractivity contribution in [2.45, 2.75) is 105 Å². The minimum Gasteiger partial charge on any atom is -0.412 e. The summed E-state index contributed by atoms with van der Waals surface area (Å²) in [5, 5.41) is 3.89. The number of fused-ring (bicyclic) bond motifs is 20. The van der Waals surface area contributed by atoms with Gasteiger partial charge in [0, 0.05) is 43.8 Å². The fraction of sp³-hybridized carbons (Fsp3) is 0.333. The molecule has 0 fully saturated rings. The van der Waals surface area contributed by atoms with E-state index in [1.165, 1.54) is 22.3 Å². The van der Waals surface area contributed by atoms with E-state index < -0.39 is 0 Å². The highest BCUT2D eigenvalue weighted by atomic mass is 28.1. The summed E-state index contributed by atoms with van der Waals surface area (Å²) in [7, 11) is 0. The van der Waals surface area contributed by atoms with E-state index in [0.717, 1.165) is 43.8 Å². The van der Waals surface area contributed by atoms with Crippen molar-refractivity contribution in [3.8, 4) is 45.6 Å². The van der Waals surface area contributed by atoms with Gasteiger partial charge in [0.25, 0.3) is 0 Å². The molecule has 11 heteroatoms. The van der Waals surface area contributed by atoms with Gasteiger partial charge in [-0.05, 0) is 79.1 Å². The van der Waals surface area contributed by atoms with Gasteiger partial charge in [-0.15, -0.1) is 0 Å². The summed E-state index contributed by atoms with van der Waals surface area (Å²) in [6.45, 7) is 26.8. The van der Waals surface area contributed by atoms with Crippen molar-refractivity contribution >= 4 is 55.1 Å². The third-order valence-electron chi connectivity index (χ3n) is 11.3. The Kier molecular flexibility index (Phi) is 10.4. The second kappa shape index (κ2) is 14.3. The number of rotatable bonds is 0. The van der Waals surface area contributed by atoms with Gasteiger partial charge in [-0.1, -0.05) is 132 Å². The Morgan fingerprint density at radius 2 is 0.593 bits per heavy atom. The summed E-state index contributed by atoms with van der Waals surface area (Å²) in [6, 6.07) is 26.3. The minimum atomic E-state index is -0.0686. The van der Waals surface area contributed by atoms with Crippen molar-refractivity contribution in [1.29, 1.82) is 0 Å². The van der Waals surface area contributed by atoms with Crippen LogP contribution in [0.3, 0.4) is 0 Å². The van der Waals surface area contributed by atoms with Crippen molar-refractivity contribution < 1.29 is 11.0 Å². The quantitative estimate of drug-likeness (QED) is 0.145. The first-order chi connectivity index (χ1) is 26.2. The smallest absolute Gasteiger partial charge is 0.164 e. The SMILES string of the molecule is CC(C)(C)c1ccc2c(c1)-c1nc-2nc2[nH]c(nc3nc(nc4[nH]c(n1)c1ccc(C(C)(C)C)cc41)-c1ccc(C(C)(C)C)cc1-3)c1ccc(C(C)(C)C)cc21.O.O.[SiH4]. The highest BCUT2D eigenvalue weighted by molar-refractivity contribution is 6.07. The van der Waals surface area contributed by atoms with Crippen LogP contribution in [0.2, 0.25) is 0 Å². The average molecular weight is 807 g/mol. The van der Waals surface area contributed by atoms with Gasteiger partial charge in [0.15, 0.2) is 23.3 Å². The van der Waals surface area contributed by atoms with E-state index in [-0.39, 0.29) is 43.6 Å². The lowest BCUT2D eigenvalue weighted by molar-refractivity contribution is 0.590. The second-order valence-electron chi connectivity index (χ2n) is 19.7. The van der Waals surface area contributed by atoms with Gasteiger partial charge in [0.2, 0.25) is 0 Å². The normalized spacial score (nSPS) is 12.7. The Bertz CT molecular complexity index is 2770. The lowest BCUT2D eigenvalue weighted by Gasteiger charge is -2.19. The Morgan fingerprint density at radius 1 is 0.322 bits per heavy atom. The second-order valence-corrected chi connectivity index (χ2v) is 19.7. The standard InChI is InChI=1S/C48H50N8.2H2O.H4Si/c1-45(2,3)25-13-17-29-33(21-25)41-49-37(29)54-42-35-23-27(47(7,8)9)15-19-31(35)39(51-42)56-44-36-24-28(48(10,11)12)16-20-32(36)40(52-44)55-43-34-22-26(46(4,5)6)14-18-30(34)38(50-43)53-41;;;/h13-24H,1-12H3,(H2,49,50,51,52,53,54,55,56);2*1H2;1H4. The highest BCUT2D eigenvalue weighted by Gasteiger charge is 2.27. The Balaban J connectivity index is 0.00000195. The molecule has 9 rings (SSSR count). The number of hydrogen-bond acceptors (Lipinski definition) is 6. The molecule has 0 radical (unpaired) electrons. The number of aromatic nitrogens is 8. The van der Waals surface area contributed by atoms with Crippen LogP contribution in [0.15, 0.2) is 72.8 Å². The summed E-state index contributed by atoms with van der Waals surface area (Å²) < 4.78 is 0. The third kappa shape index (κ3) is 7.36. The van der Waals surface area contributed by atoms with Crippen LogP contribution in [0.5, 0.6) is 0 Å². The summed E-state index contributed by atoms with van der Waals surface area (Å²) in [6.07, 6.45) is 0. The minimum absolute atomic E-state index is 0. The molecule has 0 saturated heterocycles. The van der Waals surface area contributed by atoms with Crippen molar-refractivity contribution in [1.82, 2.24) is 39.9 Å². The first-order valence-electron chi connectivity index (χ1n) is 19.6. The van der Waals surface area contributed by atoms with E-state index >= 15 is 0 Å². The topological polar surface area (TPSA) is 172 Å². The van der Waals surface area contributed by atoms with Gasteiger partial charge in [-0.2, -0.15) is 0 Å². The van der Waals surface area contributed by atoms with Crippen LogP contribution in [-0.2, 0) is 21.7 Å². The fourth-order valence-corrected chi connectivity index (χ4v) is 7.66. The van der Waals surface area contributed by atoms with Crippen LogP contribution in [0, 0.1) is 0 Å². The number of H-pyrrole nitrogens is 2. The molecule has 10 nitrogen and oxygen atoms in total. The molecule has 0 aliphatic carbocycles. The zero-order valence-electron chi connectivity index (χ0n) is 35.6. The van der Waals surface area contributed by atoms with Gasteiger partial charge in [0.05, 0.1) is 0 Å². The third-order valence-corrected chi connectivity index (χ3v) is 11.3. The molecule has 3 aromatic heterocycles. The molecule has 8 bridgehead atoms.